The quantitative estimate of drug-likeness (QED) is 0.901. The van der Waals surface area contributed by atoms with Crippen LogP contribution in [0.4, 0.5) is 0 Å². The molecule has 0 radical (unpaired) electrons. The van der Waals surface area contributed by atoms with Crippen LogP contribution in [0.1, 0.15) is 56.5 Å². The Labute approximate surface area is 143 Å². The van der Waals surface area contributed by atoms with E-state index in [0.717, 1.165) is 25.7 Å². The van der Waals surface area contributed by atoms with Gasteiger partial charge in [-0.25, -0.2) is 8.42 Å². The Morgan fingerprint density at radius 3 is 2.58 bits per heavy atom. The lowest BCUT2D eigenvalue weighted by Crippen LogP contribution is -2.43. The molecule has 0 spiro atoms. The van der Waals surface area contributed by atoms with E-state index in [1.165, 1.54) is 22.9 Å². The van der Waals surface area contributed by atoms with E-state index in [1.807, 2.05) is 0 Å². The number of carbonyl (C=O) groups is 1. The fraction of sp³-hybridized carbons (Fsp3) is 0.706. The maximum absolute atomic E-state index is 12.5. The molecule has 2 aliphatic rings. The minimum absolute atomic E-state index is 0.0678. The number of sulfonamides is 1. The van der Waals surface area contributed by atoms with Crippen molar-refractivity contribution >= 4 is 15.9 Å². The van der Waals surface area contributed by atoms with Crippen LogP contribution in [0.15, 0.2) is 21.6 Å². The van der Waals surface area contributed by atoms with Crippen LogP contribution in [0.3, 0.4) is 0 Å². The van der Waals surface area contributed by atoms with Gasteiger partial charge in [-0.05, 0) is 43.2 Å². The molecule has 3 unspecified atom stereocenters. The molecule has 3 atom stereocenters. The topological polar surface area (TPSA) is 79.6 Å². The van der Waals surface area contributed by atoms with Crippen LogP contribution in [0.25, 0.3) is 0 Å². The normalized spacial score (nSPS) is 28.8. The van der Waals surface area contributed by atoms with E-state index in [4.69, 9.17) is 4.42 Å². The highest BCUT2D eigenvalue weighted by atomic mass is 32.2. The number of hydrogen-bond acceptors (Lipinski definition) is 4. The Morgan fingerprint density at radius 1 is 1.17 bits per heavy atom. The summed E-state index contributed by atoms with van der Waals surface area (Å²) in [6.45, 7) is 5.39. The summed E-state index contributed by atoms with van der Waals surface area (Å²) in [5.74, 6) is 0.722. The van der Waals surface area contributed by atoms with E-state index in [2.05, 4.69) is 19.2 Å². The average Bonchev–Trinajstić information content (AvgIpc) is 3.22. The Hall–Kier alpha value is -1.34. The van der Waals surface area contributed by atoms with Gasteiger partial charge in [-0.2, -0.15) is 4.31 Å². The van der Waals surface area contributed by atoms with Crippen molar-refractivity contribution in [3.8, 4) is 0 Å². The Bertz CT molecular complexity index is 691. The van der Waals surface area contributed by atoms with Gasteiger partial charge in [-0.15, -0.1) is 0 Å². The van der Waals surface area contributed by atoms with Crippen LogP contribution >= 0.6 is 0 Å². The zero-order chi connectivity index (χ0) is 17.3. The number of furan rings is 1. The highest BCUT2D eigenvalue weighted by Crippen LogP contribution is 2.30. The summed E-state index contributed by atoms with van der Waals surface area (Å²) in [6, 6.07) is 2.95. The van der Waals surface area contributed by atoms with Crippen molar-refractivity contribution in [3.05, 3.63) is 17.9 Å². The van der Waals surface area contributed by atoms with Gasteiger partial charge < -0.3 is 9.73 Å². The Morgan fingerprint density at radius 2 is 1.88 bits per heavy atom. The Balaban J connectivity index is 1.69. The van der Waals surface area contributed by atoms with E-state index in [-0.39, 0.29) is 22.8 Å². The predicted molar refractivity (Wildman–Crippen MR) is 90.1 cm³/mol. The second kappa shape index (κ2) is 6.88. The van der Waals surface area contributed by atoms with Gasteiger partial charge in [0.15, 0.2) is 5.76 Å². The zero-order valence-electron chi connectivity index (χ0n) is 14.3. The third-order valence-electron chi connectivity index (χ3n) is 5.49. The van der Waals surface area contributed by atoms with Crippen molar-refractivity contribution in [3.63, 3.8) is 0 Å². The van der Waals surface area contributed by atoms with Gasteiger partial charge in [-0.1, -0.05) is 26.7 Å². The lowest BCUT2D eigenvalue weighted by atomic mass is 9.78. The molecule has 134 valence electrons. The monoisotopic (exact) mass is 354 g/mol. The van der Waals surface area contributed by atoms with E-state index in [1.54, 1.807) is 0 Å². The molecule has 1 amide bonds. The van der Waals surface area contributed by atoms with Gasteiger partial charge >= 0.3 is 0 Å². The predicted octanol–water partition coefficient (Wildman–Crippen LogP) is 2.62. The molecule has 1 aromatic rings. The molecular weight excluding hydrogens is 328 g/mol. The molecule has 24 heavy (non-hydrogen) atoms. The number of rotatable bonds is 4. The molecule has 1 aliphatic heterocycles. The molecule has 3 rings (SSSR count). The molecule has 1 aromatic heterocycles. The van der Waals surface area contributed by atoms with Crippen molar-refractivity contribution in [2.45, 2.75) is 57.1 Å². The lowest BCUT2D eigenvalue weighted by Gasteiger charge is -2.34. The van der Waals surface area contributed by atoms with Gasteiger partial charge in [-0.3, -0.25) is 4.79 Å². The molecular formula is C17H26N2O4S. The summed E-state index contributed by atoms with van der Waals surface area (Å²) >= 11 is 0. The molecule has 2 heterocycles. The van der Waals surface area contributed by atoms with Crippen molar-refractivity contribution in [2.24, 2.45) is 11.8 Å². The minimum Gasteiger partial charge on any atom is -0.438 e. The highest BCUT2D eigenvalue weighted by Gasteiger charge is 2.32. The average molecular weight is 354 g/mol. The largest absolute Gasteiger partial charge is 0.438 e. The summed E-state index contributed by atoms with van der Waals surface area (Å²) in [5.41, 5.74) is 0. The molecule has 1 saturated carbocycles. The fourth-order valence-electron chi connectivity index (χ4n) is 3.66. The molecule has 2 fully saturated rings. The summed E-state index contributed by atoms with van der Waals surface area (Å²) in [5, 5.41) is 2.87. The Kier molecular flexibility index (Phi) is 5.01. The molecule has 6 nitrogen and oxygen atoms in total. The summed E-state index contributed by atoms with van der Waals surface area (Å²) in [6.07, 6.45) is 4.97. The van der Waals surface area contributed by atoms with Gasteiger partial charge in [0.1, 0.15) is 0 Å². The summed E-state index contributed by atoms with van der Waals surface area (Å²) in [7, 11) is -3.62. The van der Waals surface area contributed by atoms with Crippen molar-refractivity contribution in [1.82, 2.24) is 9.62 Å². The van der Waals surface area contributed by atoms with Gasteiger partial charge in [0.05, 0.1) is 0 Å². The van der Waals surface area contributed by atoms with Gasteiger partial charge in [0.2, 0.25) is 5.09 Å². The fourth-order valence-corrected chi connectivity index (χ4v) is 5.09. The SMILES string of the molecule is CC1CCCC(NC(=O)c2ccc(S(=O)(=O)N3CCCC3)o2)C1C. The smallest absolute Gasteiger partial charge is 0.287 e. The minimum atomic E-state index is -3.62. The summed E-state index contributed by atoms with van der Waals surface area (Å²) < 4.78 is 31.7. The first-order valence-corrected chi connectivity index (χ1v) is 10.2. The standard InChI is InChI=1S/C17H26N2O4S/c1-12-6-5-7-14(13(12)2)18-17(20)15-8-9-16(23-15)24(21,22)19-10-3-4-11-19/h8-9,12-14H,3-7,10-11H2,1-2H3,(H,18,20). The number of carbonyl (C=O) groups excluding carboxylic acids is 1. The number of nitrogens with zero attached hydrogens (tertiary/aromatic N) is 1. The maximum atomic E-state index is 12.5. The molecule has 7 heteroatoms. The molecule has 1 saturated heterocycles. The van der Waals surface area contributed by atoms with Gasteiger partial charge in [0, 0.05) is 19.1 Å². The van der Waals surface area contributed by atoms with Crippen LogP contribution in [0.2, 0.25) is 0 Å². The third-order valence-corrected chi connectivity index (χ3v) is 7.26. The zero-order valence-corrected chi connectivity index (χ0v) is 15.1. The molecule has 1 aliphatic carbocycles. The van der Waals surface area contributed by atoms with E-state index in [9.17, 15) is 13.2 Å². The van der Waals surface area contributed by atoms with E-state index >= 15 is 0 Å². The molecule has 1 N–H and O–H groups in total. The van der Waals surface area contributed by atoms with Crippen molar-refractivity contribution < 1.29 is 17.6 Å². The van der Waals surface area contributed by atoms with Crippen LogP contribution < -0.4 is 5.32 Å². The second-order valence-electron chi connectivity index (χ2n) is 7.08. The van der Waals surface area contributed by atoms with Crippen molar-refractivity contribution in [1.29, 1.82) is 0 Å². The highest BCUT2D eigenvalue weighted by molar-refractivity contribution is 7.89. The molecule has 0 aromatic carbocycles. The van der Waals surface area contributed by atoms with Crippen LogP contribution in [0, 0.1) is 11.8 Å². The van der Waals surface area contributed by atoms with Crippen LogP contribution in [-0.2, 0) is 10.0 Å². The number of hydrogen-bond donors (Lipinski definition) is 1. The molecule has 0 bridgehead atoms. The summed E-state index contributed by atoms with van der Waals surface area (Å²) in [4.78, 5) is 12.4. The second-order valence-corrected chi connectivity index (χ2v) is 8.95. The van der Waals surface area contributed by atoms with E-state index in [0.29, 0.717) is 24.9 Å². The van der Waals surface area contributed by atoms with Crippen LogP contribution in [-0.4, -0.2) is 37.8 Å². The first-order valence-electron chi connectivity index (χ1n) is 8.80. The lowest BCUT2D eigenvalue weighted by molar-refractivity contribution is 0.0857. The van der Waals surface area contributed by atoms with Gasteiger partial charge in [0.25, 0.3) is 15.9 Å². The van der Waals surface area contributed by atoms with Crippen molar-refractivity contribution in [2.75, 3.05) is 13.1 Å². The maximum Gasteiger partial charge on any atom is 0.287 e. The number of nitrogens with one attached hydrogen (secondary N) is 1. The third kappa shape index (κ3) is 3.37. The first-order chi connectivity index (χ1) is 11.4. The number of amides is 1. The van der Waals surface area contributed by atoms with Crippen LogP contribution in [0.5, 0.6) is 0 Å². The first kappa shape index (κ1) is 17.5. The van der Waals surface area contributed by atoms with E-state index < -0.39 is 10.0 Å².